The molecule has 0 atom stereocenters. The van der Waals surface area contributed by atoms with E-state index in [9.17, 15) is 10.1 Å². The summed E-state index contributed by atoms with van der Waals surface area (Å²) < 4.78 is 4.48. The highest BCUT2D eigenvalue weighted by Gasteiger charge is 1.98. The molecule has 62 valence electrons. The third-order valence-electron chi connectivity index (χ3n) is 0.660. The molecule has 1 N–H and O–H groups in total. The maximum absolute atomic E-state index is 9.59. The number of hydrogen-bond donors (Lipinski definition) is 1. The Bertz CT molecular complexity index is 195. The van der Waals surface area contributed by atoms with Crippen LogP contribution in [0.3, 0.4) is 0 Å². The topological polar surface area (TPSA) is 85.7 Å². The summed E-state index contributed by atoms with van der Waals surface area (Å²) in [5, 5.41) is 15.7. The quantitative estimate of drug-likeness (QED) is 0.503. The molecule has 1 aromatic heterocycles. The minimum Gasteiger partial charge on any atom is -0.444 e. The molecule has 1 rings (SSSR count). The first-order valence-corrected chi connectivity index (χ1v) is 2.59. The average Bonchev–Trinajstić information content (AvgIpc) is 2.43. The molecule has 1 aromatic rings. The smallest absolute Gasteiger partial charge is 0.302 e. The average molecular weight is 161 g/mol. The third-order valence-corrected chi connectivity index (χ3v) is 0.660. The van der Waals surface area contributed by atoms with Gasteiger partial charge in [0.1, 0.15) is 0 Å². The molecule has 6 nitrogen and oxygen atoms in total. The summed E-state index contributed by atoms with van der Waals surface area (Å²) in [6.45, 7) is 0. The number of nitrogens with zero attached hydrogens (tertiary/aromatic N) is 1. The predicted octanol–water partition coefficient (Wildman–Crippen LogP) is 0.459. The van der Waals surface area contributed by atoms with Gasteiger partial charge in [-0.2, -0.15) is 0 Å². The van der Waals surface area contributed by atoms with E-state index < -0.39 is 5.09 Å². The van der Waals surface area contributed by atoms with E-state index in [1.807, 2.05) is 0 Å². The molecule has 0 fully saturated rings. The fourth-order valence-electron chi connectivity index (χ4n) is 0.389. The van der Waals surface area contributed by atoms with Crippen molar-refractivity contribution in [2.24, 2.45) is 0 Å². The van der Waals surface area contributed by atoms with Gasteiger partial charge in [0.25, 0.3) is 5.95 Å². The van der Waals surface area contributed by atoms with Gasteiger partial charge in [-0.3, -0.25) is 0 Å². The second-order valence-corrected chi connectivity index (χ2v) is 1.25. The molecule has 1 heterocycles. The second-order valence-electron chi connectivity index (χ2n) is 1.25. The highest BCUT2D eigenvalue weighted by atomic mass is 17.0. The Morgan fingerprint density at radius 1 is 1.73 bits per heavy atom. The minimum absolute atomic E-state index is 0.111. The van der Waals surface area contributed by atoms with E-state index in [0.717, 1.165) is 7.11 Å². The van der Waals surface area contributed by atoms with Crippen molar-refractivity contribution in [1.82, 2.24) is 0 Å². The Kier molecular flexibility index (Phi) is 4.50. The first kappa shape index (κ1) is 9.44. The zero-order chi connectivity index (χ0) is 8.69. The zero-order valence-electron chi connectivity index (χ0n) is 5.76. The molecule has 0 bridgehead atoms. The van der Waals surface area contributed by atoms with Crippen LogP contribution >= 0.6 is 0 Å². The van der Waals surface area contributed by atoms with Crippen LogP contribution in [0.5, 0.6) is 5.95 Å². The molecule has 0 saturated heterocycles. The molecule has 11 heavy (non-hydrogen) atoms. The summed E-state index contributed by atoms with van der Waals surface area (Å²) in [6.07, 6.45) is 1.29. The SMILES string of the molecule is CO.O=[N+]([O-])Oc1ccco1. The van der Waals surface area contributed by atoms with Crippen molar-refractivity contribution in [2.45, 2.75) is 0 Å². The van der Waals surface area contributed by atoms with E-state index in [0.29, 0.717) is 0 Å². The Labute approximate surface area is 62.1 Å². The number of aliphatic hydroxyl groups is 1. The Hall–Kier alpha value is -1.56. The predicted molar refractivity (Wildman–Crippen MR) is 34.5 cm³/mol. The summed E-state index contributed by atoms with van der Waals surface area (Å²) >= 11 is 0. The van der Waals surface area contributed by atoms with Gasteiger partial charge in [-0.15, -0.1) is 10.1 Å². The molecule has 0 aliphatic carbocycles. The summed E-state index contributed by atoms with van der Waals surface area (Å²) in [5.41, 5.74) is 0. The molecular formula is C5H7NO5. The lowest BCUT2D eigenvalue weighted by molar-refractivity contribution is -0.714. The van der Waals surface area contributed by atoms with Crippen LogP contribution in [0.15, 0.2) is 22.8 Å². The summed E-state index contributed by atoms with van der Waals surface area (Å²) in [6, 6.07) is 2.85. The molecule has 0 aliphatic rings. The van der Waals surface area contributed by atoms with Crippen molar-refractivity contribution >= 4 is 0 Å². The maximum Gasteiger partial charge on any atom is 0.302 e. The van der Waals surface area contributed by atoms with Gasteiger partial charge in [-0.25, -0.2) is 4.84 Å². The summed E-state index contributed by atoms with van der Waals surface area (Å²) in [4.78, 5) is 13.5. The van der Waals surface area contributed by atoms with Crippen molar-refractivity contribution in [2.75, 3.05) is 7.11 Å². The van der Waals surface area contributed by atoms with E-state index in [2.05, 4.69) is 9.25 Å². The van der Waals surface area contributed by atoms with Gasteiger partial charge >= 0.3 is 5.09 Å². The lowest BCUT2D eigenvalue weighted by Gasteiger charge is -1.86. The molecule has 0 aliphatic heterocycles. The van der Waals surface area contributed by atoms with Crippen molar-refractivity contribution < 1.29 is 19.4 Å². The van der Waals surface area contributed by atoms with Crippen LogP contribution in [-0.4, -0.2) is 17.3 Å². The van der Waals surface area contributed by atoms with Crippen LogP contribution in [0.25, 0.3) is 0 Å². The molecule has 0 spiro atoms. The van der Waals surface area contributed by atoms with Crippen LogP contribution in [0.4, 0.5) is 0 Å². The monoisotopic (exact) mass is 161 g/mol. The molecule has 0 saturated carbocycles. The lowest BCUT2D eigenvalue weighted by Crippen LogP contribution is -2.01. The summed E-state index contributed by atoms with van der Waals surface area (Å²) in [7, 11) is 1.00. The van der Waals surface area contributed by atoms with Crippen molar-refractivity contribution in [3.63, 3.8) is 0 Å². The first-order chi connectivity index (χ1) is 5.29. The van der Waals surface area contributed by atoms with Crippen molar-refractivity contribution in [3.8, 4) is 5.95 Å². The van der Waals surface area contributed by atoms with Gasteiger partial charge in [-0.05, 0) is 6.07 Å². The zero-order valence-corrected chi connectivity index (χ0v) is 5.76. The molecule has 0 unspecified atom stereocenters. The van der Waals surface area contributed by atoms with E-state index >= 15 is 0 Å². The number of furan rings is 1. The van der Waals surface area contributed by atoms with Crippen molar-refractivity contribution in [3.05, 3.63) is 28.5 Å². The first-order valence-electron chi connectivity index (χ1n) is 2.59. The van der Waals surface area contributed by atoms with Crippen LogP contribution < -0.4 is 4.84 Å². The van der Waals surface area contributed by atoms with Crippen LogP contribution in [0.1, 0.15) is 0 Å². The van der Waals surface area contributed by atoms with E-state index in [4.69, 9.17) is 5.11 Å². The highest BCUT2D eigenvalue weighted by molar-refractivity contribution is 5.02. The summed E-state index contributed by atoms with van der Waals surface area (Å²) in [5.74, 6) is -0.111. The molecule has 0 aromatic carbocycles. The van der Waals surface area contributed by atoms with Crippen molar-refractivity contribution in [1.29, 1.82) is 0 Å². The molecule has 6 heteroatoms. The Morgan fingerprint density at radius 3 is 2.73 bits per heavy atom. The van der Waals surface area contributed by atoms with Gasteiger partial charge in [0, 0.05) is 13.2 Å². The van der Waals surface area contributed by atoms with E-state index in [1.54, 1.807) is 0 Å². The maximum atomic E-state index is 9.59. The normalized spacial score (nSPS) is 7.82. The molecule has 0 radical (unpaired) electrons. The molecule has 0 amide bonds. The highest BCUT2D eigenvalue weighted by Crippen LogP contribution is 2.08. The Morgan fingerprint density at radius 2 is 2.36 bits per heavy atom. The largest absolute Gasteiger partial charge is 0.444 e. The van der Waals surface area contributed by atoms with Gasteiger partial charge in [0.2, 0.25) is 0 Å². The van der Waals surface area contributed by atoms with Gasteiger partial charge < -0.3 is 9.52 Å². The number of rotatable bonds is 2. The number of hydrogen-bond acceptors (Lipinski definition) is 5. The Balaban J connectivity index is 0.000000461. The fraction of sp³-hybridized carbons (Fsp3) is 0.200. The van der Waals surface area contributed by atoms with E-state index in [-0.39, 0.29) is 5.95 Å². The van der Waals surface area contributed by atoms with E-state index in [1.165, 1.54) is 18.4 Å². The second kappa shape index (κ2) is 5.24. The number of aliphatic hydroxyl groups excluding tert-OH is 1. The standard InChI is InChI=1S/C4H3NO4.CH4O/c6-5(7)9-4-2-1-3-8-4;1-2/h1-3H;2H,1H3. The minimum atomic E-state index is -0.932. The van der Waals surface area contributed by atoms with Crippen LogP contribution in [0.2, 0.25) is 0 Å². The van der Waals surface area contributed by atoms with Gasteiger partial charge in [0.15, 0.2) is 0 Å². The molecular weight excluding hydrogens is 154 g/mol. The lowest BCUT2D eigenvalue weighted by atomic mass is 10.7. The third kappa shape index (κ3) is 3.93. The fourth-order valence-corrected chi connectivity index (χ4v) is 0.389. The van der Waals surface area contributed by atoms with Gasteiger partial charge in [0.05, 0.1) is 6.26 Å². The van der Waals surface area contributed by atoms with Crippen LogP contribution in [0, 0.1) is 10.1 Å². The van der Waals surface area contributed by atoms with Gasteiger partial charge in [-0.1, -0.05) is 0 Å². The van der Waals surface area contributed by atoms with Crippen LogP contribution in [-0.2, 0) is 0 Å².